The van der Waals surface area contributed by atoms with Crippen LogP contribution in [0.2, 0.25) is 0 Å². The minimum atomic E-state index is -0.551. The van der Waals surface area contributed by atoms with Gasteiger partial charge in [-0.25, -0.2) is 9.18 Å². The molecule has 4 rings (SSSR count). The van der Waals surface area contributed by atoms with Crippen molar-refractivity contribution in [3.63, 3.8) is 0 Å². The molecule has 32 heavy (non-hydrogen) atoms. The number of rotatable bonds is 5. The lowest BCUT2D eigenvalue weighted by Gasteiger charge is -2.12. The SMILES string of the molecule is CCc1ccc(-c2nn(C)c(=O)o2)cc1-c1ccc(NC(=O)c2c(C)cccc2F)cc1. The second-order valence-corrected chi connectivity index (χ2v) is 7.49. The molecule has 0 aliphatic rings. The highest BCUT2D eigenvalue weighted by molar-refractivity contribution is 6.05. The topological polar surface area (TPSA) is 77.1 Å². The lowest BCUT2D eigenvalue weighted by Crippen LogP contribution is -2.15. The van der Waals surface area contributed by atoms with E-state index >= 15 is 0 Å². The highest BCUT2D eigenvalue weighted by Crippen LogP contribution is 2.30. The van der Waals surface area contributed by atoms with Gasteiger partial charge in [-0.05, 0) is 65.9 Å². The molecule has 0 fully saturated rings. The van der Waals surface area contributed by atoms with Gasteiger partial charge in [-0.15, -0.1) is 5.10 Å². The molecule has 0 aliphatic heterocycles. The van der Waals surface area contributed by atoms with Crippen LogP contribution < -0.4 is 11.1 Å². The van der Waals surface area contributed by atoms with Crippen LogP contribution in [0.3, 0.4) is 0 Å². The first kappa shape index (κ1) is 21.2. The standard InChI is InChI=1S/C25H22FN3O3/c1-4-16-8-9-18(24-28-29(3)25(31)32-24)14-20(16)17-10-12-19(13-11-17)27-23(30)22-15(2)6-5-7-21(22)26/h5-14H,4H2,1-3H3,(H,27,30). The molecule has 162 valence electrons. The molecule has 4 aromatic rings. The summed E-state index contributed by atoms with van der Waals surface area (Å²) in [5.41, 5.74) is 4.89. The first-order valence-corrected chi connectivity index (χ1v) is 10.2. The van der Waals surface area contributed by atoms with Gasteiger partial charge in [0.2, 0.25) is 5.89 Å². The molecule has 0 unspecified atom stereocenters. The van der Waals surface area contributed by atoms with E-state index in [1.54, 1.807) is 31.2 Å². The van der Waals surface area contributed by atoms with Crippen LogP contribution in [0.4, 0.5) is 10.1 Å². The van der Waals surface area contributed by atoms with Gasteiger partial charge in [-0.3, -0.25) is 4.79 Å². The van der Waals surface area contributed by atoms with Crippen molar-refractivity contribution in [1.29, 1.82) is 0 Å². The lowest BCUT2D eigenvalue weighted by molar-refractivity contribution is 0.102. The molecular formula is C25H22FN3O3. The molecule has 1 aromatic heterocycles. The Bertz CT molecular complexity index is 1330. The molecule has 3 aromatic carbocycles. The average molecular weight is 431 g/mol. The summed E-state index contributed by atoms with van der Waals surface area (Å²) in [5.74, 6) is -1.31. The third-order valence-electron chi connectivity index (χ3n) is 5.33. The van der Waals surface area contributed by atoms with Crippen LogP contribution in [0.15, 0.2) is 69.9 Å². The van der Waals surface area contributed by atoms with Crippen LogP contribution in [0.25, 0.3) is 22.6 Å². The maximum Gasteiger partial charge on any atom is 0.437 e. The number of hydrogen-bond donors (Lipinski definition) is 1. The fourth-order valence-electron chi connectivity index (χ4n) is 3.60. The zero-order valence-corrected chi connectivity index (χ0v) is 18.0. The number of hydrogen-bond acceptors (Lipinski definition) is 4. The van der Waals surface area contributed by atoms with Gasteiger partial charge in [0.15, 0.2) is 0 Å². The summed E-state index contributed by atoms with van der Waals surface area (Å²) in [7, 11) is 1.53. The highest BCUT2D eigenvalue weighted by atomic mass is 19.1. The molecule has 0 aliphatic carbocycles. The Morgan fingerprint density at radius 2 is 1.81 bits per heavy atom. The van der Waals surface area contributed by atoms with E-state index in [-0.39, 0.29) is 11.5 Å². The van der Waals surface area contributed by atoms with Crippen molar-refractivity contribution >= 4 is 11.6 Å². The van der Waals surface area contributed by atoms with Gasteiger partial charge < -0.3 is 9.73 Å². The van der Waals surface area contributed by atoms with Crippen molar-refractivity contribution < 1.29 is 13.6 Å². The fraction of sp³-hybridized carbons (Fsp3) is 0.160. The van der Waals surface area contributed by atoms with E-state index in [2.05, 4.69) is 17.3 Å². The second kappa shape index (κ2) is 8.63. The number of carbonyl (C=O) groups is 1. The van der Waals surface area contributed by atoms with Gasteiger partial charge in [0.05, 0.1) is 5.56 Å². The van der Waals surface area contributed by atoms with Crippen LogP contribution in [0, 0.1) is 12.7 Å². The molecule has 1 N–H and O–H groups in total. The third kappa shape index (κ3) is 4.09. The number of anilines is 1. The van der Waals surface area contributed by atoms with Gasteiger partial charge >= 0.3 is 5.76 Å². The number of benzene rings is 3. The van der Waals surface area contributed by atoms with E-state index in [1.165, 1.54) is 13.1 Å². The molecule has 0 saturated carbocycles. The van der Waals surface area contributed by atoms with Crippen molar-refractivity contribution in [2.75, 3.05) is 5.32 Å². The number of nitrogens with one attached hydrogen (secondary N) is 1. The summed E-state index contributed by atoms with van der Waals surface area (Å²) in [6, 6.07) is 17.7. The Morgan fingerprint density at radius 1 is 1.09 bits per heavy atom. The molecule has 0 radical (unpaired) electrons. The van der Waals surface area contributed by atoms with E-state index in [4.69, 9.17) is 4.42 Å². The number of carbonyl (C=O) groups excluding carboxylic acids is 1. The van der Waals surface area contributed by atoms with Crippen LogP contribution in [-0.4, -0.2) is 15.7 Å². The molecule has 1 heterocycles. The first-order valence-electron chi connectivity index (χ1n) is 10.2. The highest BCUT2D eigenvalue weighted by Gasteiger charge is 2.15. The van der Waals surface area contributed by atoms with Gasteiger partial charge in [0, 0.05) is 18.3 Å². The predicted molar refractivity (Wildman–Crippen MR) is 121 cm³/mol. The summed E-state index contributed by atoms with van der Waals surface area (Å²) in [6.07, 6.45) is 0.812. The maximum absolute atomic E-state index is 14.1. The number of nitrogens with zero attached hydrogens (tertiary/aromatic N) is 2. The van der Waals surface area contributed by atoms with E-state index in [0.717, 1.165) is 27.8 Å². The van der Waals surface area contributed by atoms with Crippen LogP contribution >= 0.6 is 0 Å². The minimum absolute atomic E-state index is 0.0365. The van der Waals surface area contributed by atoms with Crippen molar-refractivity contribution in [2.24, 2.45) is 7.05 Å². The smallest absolute Gasteiger partial charge is 0.388 e. The summed E-state index contributed by atoms with van der Waals surface area (Å²) in [5, 5.41) is 6.87. The molecule has 6 nitrogen and oxygen atoms in total. The Kier molecular flexibility index (Phi) is 5.73. The summed E-state index contributed by atoms with van der Waals surface area (Å²) >= 11 is 0. The zero-order valence-electron chi connectivity index (χ0n) is 18.0. The Labute approximate surface area is 184 Å². The Hall–Kier alpha value is -4.00. The summed E-state index contributed by atoms with van der Waals surface area (Å²) in [6.45, 7) is 3.76. The van der Waals surface area contributed by atoms with Crippen LogP contribution in [0.5, 0.6) is 0 Å². The fourth-order valence-corrected chi connectivity index (χ4v) is 3.60. The first-order chi connectivity index (χ1) is 15.4. The summed E-state index contributed by atoms with van der Waals surface area (Å²) < 4.78 is 20.4. The van der Waals surface area contributed by atoms with E-state index in [0.29, 0.717) is 16.8 Å². The van der Waals surface area contributed by atoms with E-state index < -0.39 is 17.5 Å². The Morgan fingerprint density at radius 3 is 2.44 bits per heavy atom. The third-order valence-corrected chi connectivity index (χ3v) is 5.33. The van der Waals surface area contributed by atoms with Crippen LogP contribution in [-0.2, 0) is 13.5 Å². The van der Waals surface area contributed by atoms with Crippen LogP contribution in [0.1, 0.15) is 28.4 Å². The largest absolute Gasteiger partial charge is 0.437 e. The van der Waals surface area contributed by atoms with Crippen molar-refractivity contribution in [1.82, 2.24) is 9.78 Å². The molecule has 7 heteroatoms. The molecule has 0 saturated heterocycles. The average Bonchev–Trinajstić information content (AvgIpc) is 3.12. The quantitative estimate of drug-likeness (QED) is 0.484. The normalized spacial score (nSPS) is 10.9. The van der Waals surface area contributed by atoms with Gasteiger partial charge in [-0.1, -0.05) is 37.3 Å². The number of aromatic nitrogens is 2. The van der Waals surface area contributed by atoms with E-state index in [9.17, 15) is 14.0 Å². The molecule has 0 bridgehead atoms. The lowest BCUT2D eigenvalue weighted by atomic mass is 9.95. The Balaban J connectivity index is 1.63. The predicted octanol–water partition coefficient (Wildman–Crippen LogP) is 4.97. The molecule has 1 amide bonds. The van der Waals surface area contributed by atoms with Crippen molar-refractivity contribution in [2.45, 2.75) is 20.3 Å². The molecule has 0 spiro atoms. The maximum atomic E-state index is 14.1. The zero-order chi connectivity index (χ0) is 22.8. The summed E-state index contributed by atoms with van der Waals surface area (Å²) in [4.78, 5) is 24.2. The monoisotopic (exact) mass is 431 g/mol. The minimum Gasteiger partial charge on any atom is -0.388 e. The van der Waals surface area contributed by atoms with E-state index in [1.807, 2.05) is 30.3 Å². The van der Waals surface area contributed by atoms with Crippen molar-refractivity contribution in [3.8, 4) is 22.6 Å². The second-order valence-electron chi connectivity index (χ2n) is 7.49. The van der Waals surface area contributed by atoms with Gasteiger partial charge in [0.25, 0.3) is 5.91 Å². The van der Waals surface area contributed by atoms with Gasteiger partial charge in [0.1, 0.15) is 5.82 Å². The van der Waals surface area contributed by atoms with Gasteiger partial charge in [-0.2, -0.15) is 4.68 Å². The molecule has 0 atom stereocenters. The number of halogens is 1. The van der Waals surface area contributed by atoms with Crippen molar-refractivity contribution in [3.05, 3.63) is 93.7 Å². The number of amides is 1. The number of aryl methyl sites for hydroxylation is 3. The molecular weight excluding hydrogens is 409 g/mol.